The Balaban J connectivity index is 2.05. The van der Waals surface area contributed by atoms with E-state index in [1.54, 1.807) is 0 Å². The van der Waals surface area contributed by atoms with Crippen LogP contribution < -0.4 is 4.72 Å². The van der Waals surface area contributed by atoms with Crippen molar-refractivity contribution in [2.24, 2.45) is 0 Å². The lowest BCUT2D eigenvalue weighted by molar-refractivity contribution is 0.179. The number of nitrogens with one attached hydrogen (secondary N) is 1. The number of nitrogens with zero attached hydrogens (tertiary/aromatic N) is 2. The predicted molar refractivity (Wildman–Crippen MR) is 111 cm³/mol. The predicted octanol–water partition coefficient (Wildman–Crippen LogP) is 2.26. The topological polar surface area (TPSA) is 86.8 Å². The monoisotopic (exact) mass is 431 g/mol. The van der Waals surface area contributed by atoms with Crippen LogP contribution in [-0.2, 0) is 20.0 Å². The summed E-state index contributed by atoms with van der Waals surface area (Å²) in [5.74, 6) is 0. The number of rotatable bonds is 9. The van der Waals surface area contributed by atoms with Gasteiger partial charge in [0.15, 0.2) is 0 Å². The summed E-state index contributed by atoms with van der Waals surface area (Å²) < 4.78 is 54.5. The first-order valence-corrected chi connectivity index (χ1v) is 12.8. The van der Waals surface area contributed by atoms with Gasteiger partial charge in [0.05, 0.1) is 9.79 Å². The van der Waals surface area contributed by atoms with Gasteiger partial charge in [0.25, 0.3) is 0 Å². The van der Waals surface area contributed by atoms with Gasteiger partial charge in [0.1, 0.15) is 0 Å². The Hall–Kier alpha value is -1.00. The third-order valence-corrected chi connectivity index (χ3v) is 8.47. The Labute approximate surface area is 170 Å². The molecule has 1 aromatic rings. The number of hydrogen-bond donors (Lipinski definition) is 1. The highest BCUT2D eigenvalue weighted by atomic mass is 32.2. The molecule has 9 heteroatoms. The summed E-state index contributed by atoms with van der Waals surface area (Å²) in [6, 6.07) is 6.14. The largest absolute Gasteiger partial charge is 0.297 e. The van der Waals surface area contributed by atoms with Crippen LogP contribution in [0.4, 0.5) is 0 Å². The van der Waals surface area contributed by atoms with Crippen LogP contribution in [0.1, 0.15) is 47.0 Å². The van der Waals surface area contributed by atoms with Crippen molar-refractivity contribution >= 4 is 20.0 Å². The van der Waals surface area contributed by atoms with Gasteiger partial charge in [-0.15, -0.1) is 0 Å². The minimum Gasteiger partial charge on any atom is -0.297 e. The lowest BCUT2D eigenvalue weighted by Crippen LogP contribution is -2.42. The first kappa shape index (κ1) is 23.3. The second-order valence-corrected chi connectivity index (χ2v) is 11.5. The molecule has 1 aliphatic heterocycles. The van der Waals surface area contributed by atoms with Gasteiger partial charge in [0, 0.05) is 38.3 Å². The summed E-state index contributed by atoms with van der Waals surface area (Å²) in [5.41, 5.74) is 0. The van der Waals surface area contributed by atoms with E-state index >= 15 is 0 Å². The highest BCUT2D eigenvalue weighted by molar-refractivity contribution is 7.89. The fourth-order valence-electron chi connectivity index (χ4n) is 3.55. The number of hydrogen-bond acceptors (Lipinski definition) is 5. The Bertz CT molecular complexity index is 820. The van der Waals surface area contributed by atoms with Crippen LogP contribution in [0.25, 0.3) is 0 Å². The molecule has 0 unspecified atom stereocenters. The van der Waals surface area contributed by atoms with Crippen LogP contribution in [0.5, 0.6) is 0 Å². The minimum atomic E-state index is -3.68. The van der Waals surface area contributed by atoms with E-state index in [1.165, 1.54) is 28.6 Å². The van der Waals surface area contributed by atoms with Crippen LogP contribution in [-0.4, -0.2) is 64.3 Å². The van der Waals surface area contributed by atoms with Crippen molar-refractivity contribution in [3.8, 4) is 0 Å². The van der Waals surface area contributed by atoms with Gasteiger partial charge in [-0.25, -0.2) is 21.6 Å². The second-order valence-electron chi connectivity index (χ2n) is 7.76. The molecule has 2 rings (SSSR count). The molecule has 1 N–H and O–H groups in total. The van der Waals surface area contributed by atoms with E-state index in [-0.39, 0.29) is 9.79 Å². The molecule has 1 heterocycles. The van der Waals surface area contributed by atoms with Crippen molar-refractivity contribution in [3.05, 3.63) is 24.3 Å². The molecular formula is C19H33N3O4S2. The molecule has 0 aromatic heterocycles. The maximum Gasteiger partial charge on any atom is 0.243 e. The summed E-state index contributed by atoms with van der Waals surface area (Å²) in [7, 11) is -7.24. The van der Waals surface area contributed by atoms with Crippen molar-refractivity contribution in [1.29, 1.82) is 0 Å². The molecule has 0 atom stereocenters. The van der Waals surface area contributed by atoms with Crippen LogP contribution in [0.15, 0.2) is 34.1 Å². The average molecular weight is 432 g/mol. The second kappa shape index (κ2) is 9.67. The first-order valence-electron chi connectivity index (χ1n) is 9.91. The molecule has 1 fully saturated rings. The van der Waals surface area contributed by atoms with Gasteiger partial charge in [-0.1, -0.05) is 6.42 Å². The molecule has 1 aliphatic rings. The highest BCUT2D eigenvalue weighted by Gasteiger charge is 2.26. The first-order chi connectivity index (χ1) is 13.1. The molecule has 0 radical (unpaired) electrons. The van der Waals surface area contributed by atoms with Gasteiger partial charge >= 0.3 is 0 Å². The standard InChI is InChI=1S/C19H33N3O4S2/c1-16(2)22(17(3)4)15-12-20-27(23,24)18-8-10-19(11-9-18)28(25,26)21-13-6-5-7-14-21/h8-11,16-17,20H,5-7,12-15H2,1-4H3. The molecule has 28 heavy (non-hydrogen) atoms. The lowest BCUT2D eigenvalue weighted by atomic mass is 10.2. The van der Waals surface area contributed by atoms with E-state index < -0.39 is 20.0 Å². The van der Waals surface area contributed by atoms with Gasteiger partial charge in [0.2, 0.25) is 20.0 Å². The summed E-state index contributed by atoms with van der Waals surface area (Å²) in [5, 5.41) is 0. The van der Waals surface area contributed by atoms with E-state index in [1.807, 2.05) is 0 Å². The SMILES string of the molecule is CC(C)N(CCNS(=O)(=O)c1ccc(S(=O)(=O)N2CCCCC2)cc1)C(C)C. The number of sulfonamides is 2. The zero-order valence-electron chi connectivity index (χ0n) is 17.3. The Kier molecular flexibility index (Phi) is 8.04. The number of benzene rings is 1. The maximum absolute atomic E-state index is 12.7. The van der Waals surface area contributed by atoms with E-state index in [4.69, 9.17) is 0 Å². The van der Waals surface area contributed by atoms with Gasteiger partial charge < -0.3 is 0 Å². The van der Waals surface area contributed by atoms with E-state index in [2.05, 4.69) is 37.3 Å². The van der Waals surface area contributed by atoms with E-state index in [0.29, 0.717) is 38.3 Å². The van der Waals surface area contributed by atoms with Crippen molar-refractivity contribution < 1.29 is 16.8 Å². The third-order valence-electron chi connectivity index (χ3n) is 5.08. The third kappa shape index (κ3) is 5.76. The fourth-order valence-corrected chi connectivity index (χ4v) is 6.09. The quantitative estimate of drug-likeness (QED) is 0.648. The van der Waals surface area contributed by atoms with Crippen LogP contribution >= 0.6 is 0 Å². The zero-order chi connectivity index (χ0) is 20.9. The molecule has 1 saturated heterocycles. The molecule has 0 aliphatic carbocycles. The fraction of sp³-hybridized carbons (Fsp3) is 0.684. The summed E-state index contributed by atoms with van der Waals surface area (Å²) >= 11 is 0. The molecule has 7 nitrogen and oxygen atoms in total. The molecule has 0 spiro atoms. The zero-order valence-corrected chi connectivity index (χ0v) is 18.9. The summed E-state index contributed by atoms with van der Waals surface area (Å²) in [6.45, 7) is 10.3. The van der Waals surface area contributed by atoms with Crippen LogP contribution in [0.2, 0.25) is 0 Å². The molecule has 160 valence electrons. The van der Waals surface area contributed by atoms with Crippen LogP contribution in [0, 0.1) is 0 Å². The van der Waals surface area contributed by atoms with Crippen molar-refractivity contribution in [1.82, 2.24) is 13.9 Å². The van der Waals surface area contributed by atoms with E-state index in [9.17, 15) is 16.8 Å². The molecular weight excluding hydrogens is 398 g/mol. The lowest BCUT2D eigenvalue weighted by Gasteiger charge is -2.30. The molecule has 0 amide bonds. The normalized spacial score (nSPS) is 17.0. The number of piperidine rings is 1. The van der Waals surface area contributed by atoms with Crippen molar-refractivity contribution in [2.45, 2.75) is 68.8 Å². The summed E-state index contributed by atoms with van der Waals surface area (Å²) in [4.78, 5) is 2.42. The van der Waals surface area contributed by atoms with Gasteiger partial charge in [-0.3, -0.25) is 4.90 Å². The maximum atomic E-state index is 12.7. The molecule has 0 saturated carbocycles. The molecule has 0 bridgehead atoms. The Morgan fingerprint density at radius 2 is 1.39 bits per heavy atom. The average Bonchev–Trinajstić information content (AvgIpc) is 2.65. The Morgan fingerprint density at radius 3 is 1.89 bits per heavy atom. The van der Waals surface area contributed by atoms with Crippen molar-refractivity contribution in [2.75, 3.05) is 26.2 Å². The highest BCUT2D eigenvalue weighted by Crippen LogP contribution is 2.22. The van der Waals surface area contributed by atoms with Gasteiger partial charge in [-0.05, 0) is 64.8 Å². The molecule has 1 aromatic carbocycles. The summed E-state index contributed by atoms with van der Waals surface area (Å²) in [6.07, 6.45) is 2.76. The van der Waals surface area contributed by atoms with Crippen molar-refractivity contribution in [3.63, 3.8) is 0 Å². The minimum absolute atomic E-state index is 0.0748. The van der Waals surface area contributed by atoms with E-state index in [0.717, 1.165) is 19.3 Å². The smallest absolute Gasteiger partial charge is 0.243 e. The van der Waals surface area contributed by atoms with Crippen LogP contribution in [0.3, 0.4) is 0 Å². The van der Waals surface area contributed by atoms with Gasteiger partial charge in [-0.2, -0.15) is 4.31 Å². The Morgan fingerprint density at radius 1 is 0.893 bits per heavy atom.